The number of nitrogens with zero attached hydrogens (tertiary/aromatic N) is 1. The second-order valence-electron chi connectivity index (χ2n) is 5.79. The summed E-state index contributed by atoms with van der Waals surface area (Å²) in [6.07, 6.45) is 0.181. The van der Waals surface area contributed by atoms with Crippen molar-refractivity contribution in [3.8, 4) is 11.5 Å². The Bertz CT molecular complexity index is 773. The first-order valence-electron chi connectivity index (χ1n) is 8.00. The van der Waals surface area contributed by atoms with Crippen LogP contribution in [0.5, 0.6) is 11.5 Å². The number of amides is 2. The lowest BCUT2D eigenvalue weighted by molar-refractivity contribution is -0.122. The highest BCUT2D eigenvalue weighted by Crippen LogP contribution is 2.33. The van der Waals surface area contributed by atoms with Crippen molar-refractivity contribution in [2.45, 2.75) is 6.42 Å². The standard InChI is InChI=1S/C19H20N2O4/c1-24-15-9-7-14(8-10-15)20-19(23)13-11-18(22)21(12-13)16-5-3-4-6-17(16)25-2/h3-10,13H,11-12H2,1-2H3,(H,20,23). The molecule has 0 aromatic heterocycles. The van der Waals surface area contributed by atoms with E-state index in [0.717, 1.165) is 5.75 Å². The van der Waals surface area contributed by atoms with Crippen LogP contribution in [-0.2, 0) is 9.59 Å². The van der Waals surface area contributed by atoms with Crippen molar-refractivity contribution in [3.05, 3.63) is 48.5 Å². The van der Waals surface area contributed by atoms with E-state index >= 15 is 0 Å². The Morgan fingerprint density at radius 2 is 1.80 bits per heavy atom. The molecule has 1 saturated heterocycles. The molecule has 2 aromatic carbocycles. The van der Waals surface area contributed by atoms with E-state index in [9.17, 15) is 9.59 Å². The number of carbonyl (C=O) groups excluding carboxylic acids is 2. The van der Waals surface area contributed by atoms with Crippen LogP contribution in [0.15, 0.2) is 48.5 Å². The van der Waals surface area contributed by atoms with Gasteiger partial charge in [-0.15, -0.1) is 0 Å². The maximum Gasteiger partial charge on any atom is 0.229 e. The Balaban J connectivity index is 1.70. The molecule has 0 aliphatic carbocycles. The fraction of sp³-hybridized carbons (Fsp3) is 0.263. The van der Waals surface area contributed by atoms with Crippen LogP contribution >= 0.6 is 0 Å². The second kappa shape index (κ2) is 7.25. The van der Waals surface area contributed by atoms with E-state index in [1.807, 2.05) is 18.2 Å². The first kappa shape index (κ1) is 16.8. The van der Waals surface area contributed by atoms with E-state index in [4.69, 9.17) is 9.47 Å². The van der Waals surface area contributed by atoms with Crippen LogP contribution < -0.4 is 19.7 Å². The van der Waals surface area contributed by atoms with Crippen LogP contribution in [0, 0.1) is 5.92 Å². The molecule has 6 nitrogen and oxygen atoms in total. The number of ether oxygens (including phenoxy) is 2. The van der Waals surface area contributed by atoms with Crippen molar-refractivity contribution in [2.24, 2.45) is 5.92 Å². The van der Waals surface area contributed by atoms with Gasteiger partial charge in [-0.3, -0.25) is 9.59 Å². The zero-order valence-corrected chi connectivity index (χ0v) is 14.2. The molecule has 130 valence electrons. The zero-order valence-electron chi connectivity index (χ0n) is 14.2. The molecule has 1 unspecified atom stereocenters. The molecule has 0 radical (unpaired) electrons. The monoisotopic (exact) mass is 340 g/mol. The number of methoxy groups -OCH3 is 2. The zero-order chi connectivity index (χ0) is 17.8. The fourth-order valence-corrected chi connectivity index (χ4v) is 2.89. The Morgan fingerprint density at radius 1 is 1.08 bits per heavy atom. The molecule has 1 aliphatic heterocycles. The number of hydrogen-bond donors (Lipinski definition) is 1. The summed E-state index contributed by atoms with van der Waals surface area (Å²) >= 11 is 0. The molecule has 1 fully saturated rings. The predicted molar refractivity (Wildman–Crippen MR) is 95.1 cm³/mol. The summed E-state index contributed by atoms with van der Waals surface area (Å²) in [6.45, 7) is 0.335. The van der Waals surface area contributed by atoms with E-state index in [2.05, 4.69) is 5.32 Å². The highest BCUT2D eigenvalue weighted by Gasteiger charge is 2.36. The van der Waals surface area contributed by atoms with Crippen LogP contribution in [0.3, 0.4) is 0 Å². The third-order valence-corrected chi connectivity index (χ3v) is 4.23. The minimum absolute atomic E-state index is 0.0839. The van der Waals surface area contributed by atoms with Gasteiger partial charge in [0.2, 0.25) is 11.8 Å². The molecule has 2 amide bonds. The van der Waals surface area contributed by atoms with Gasteiger partial charge >= 0.3 is 0 Å². The van der Waals surface area contributed by atoms with Crippen molar-refractivity contribution >= 4 is 23.2 Å². The van der Waals surface area contributed by atoms with Gasteiger partial charge in [-0.25, -0.2) is 0 Å². The molecule has 0 spiro atoms. The van der Waals surface area contributed by atoms with Gasteiger partial charge in [0.1, 0.15) is 11.5 Å². The predicted octanol–water partition coefficient (Wildman–Crippen LogP) is 2.70. The minimum atomic E-state index is -0.403. The molecule has 2 aromatic rings. The Labute approximate surface area is 146 Å². The molecule has 1 heterocycles. The van der Waals surface area contributed by atoms with Crippen LogP contribution in [-0.4, -0.2) is 32.6 Å². The van der Waals surface area contributed by atoms with E-state index in [0.29, 0.717) is 23.7 Å². The van der Waals surface area contributed by atoms with E-state index < -0.39 is 5.92 Å². The molecule has 1 atom stereocenters. The quantitative estimate of drug-likeness (QED) is 0.909. The van der Waals surface area contributed by atoms with Crippen molar-refractivity contribution < 1.29 is 19.1 Å². The average molecular weight is 340 g/mol. The first-order chi connectivity index (χ1) is 12.1. The number of hydrogen-bond acceptors (Lipinski definition) is 4. The van der Waals surface area contributed by atoms with Crippen molar-refractivity contribution in [3.63, 3.8) is 0 Å². The van der Waals surface area contributed by atoms with Crippen molar-refractivity contribution in [1.29, 1.82) is 0 Å². The minimum Gasteiger partial charge on any atom is -0.497 e. The summed E-state index contributed by atoms with van der Waals surface area (Å²) in [5.41, 5.74) is 1.36. The lowest BCUT2D eigenvalue weighted by Gasteiger charge is -2.19. The van der Waals surface area contributed by atoms with Crippen molar-refractivity contribution in [1.82, 2.24) is 0 Å². The normalized spacial score (nSPS) is 16.6. The molecular formula is C19H20N2O4. The van der Waals surface area contributed by atoms with Crippen LogP contribution in [0.2, 0.25) is 0 Å². The summed E-state index contributed by atoms with van der Waals surface area (Å²) in [5.74, 6) is 0.679. The summed E-state index contributed by atoms with van der Waals surface area (Å²) in [6, 6.07) is 14.4. The summed E-state index contributed by atoms with van der Waals surface area (Å²) < 4.78 is 10.4. The molecule has 1 N–H and O–H groups in total. The lowest BCUT2D eigenvalue weighted by atomic mass is 10.1. The highest BCUT2D eigenvalue weighted by molar-refractivity contribution is 6.04. The molecule has 25 heavy (non-hydrogen) atoms. The number of para-hydroxylation sites is 2. The van der Waals surface area contributed by atoms with E-state index in [-0.39, 0.29) is 18.2 Å². The molecule has 0 bridgehead atoms. The number of rotatable bonds is 5. The molecule has 0 saturated carbocycles. The topological polar surface area (TPSA) is 67.9 Å². The van der Waals surface area contributed by atoms with Gasteiger partial charge in [-0.05, 0) is 36.4 Å². The smallest absolute Gasteiger partial charge is 0.229 e. The number of carbonyl (C=O) groups is 2. The summed E-state index contributed by atoms with van der Waals surface area (Å²) in [7, 11) is 3.15. The van der Waals surface area contributed by atoms with Gasteiger partial charge in [0.05, 0.1) is 25.8 Å². The van der Waals surface area contributed by atoms with E-state index in [1.54, 1.807) is 49.5 Å². The molecular weight excluding hydrogens is 320 g/mol. The van der Waals surface area contributed by atoms with Gasteiger partial charge in [0.25, 0.3) is 0 Å². The third kappa shape index (κ3) is 3.57. The first-order valence-corrected chi connectivity index (χ1v) is 8.00. The van der Waals surface area contributed by atoms with Gasteiger partial charge < -0.3 is 19.7 Å². The Hall–Kier alpha value is -3.02. The van der Waals surface area contributed by atoms with Crippen LogP contribution in [0.4, 0.5) is 11.4 Å². The number of nitrogens with one attached hydrogen (secondary N) is 1. The molecule has 6 heteroatoms. The van der Waals surface area contributed by atoms with Gasteiger partial charge in [-0.1, -0.05) is 12.1 Å². The Morgan fingerprint density at radius 3 is 2.48 bits per heavy atom. The second-order valence-corrected chi connectivity index (χ2v) is 5.79. The van der Waals surface area contributed by atoms with Gasteiger partial charge in [0.15, 0.2) is 0 Å². The van der Waals surface area contributed by atoms with E-state index in [1.165, 1.54) is 0 Å². The fourth-order valence-electron chi connectivity index (χ4n) is 2.89. The number of anilines is 2. The maximum atomic E-state index is 12.5. The summed E-state index contributed by atoms with van der Waals surface area (Å²) in [5, 5.41) is 2.85. The van der Waals surface area contributed by atoms with Crippen LogP contribution in [0.25, 0.3) is 0 Å². The molecule has 1 aliphatic rings. The summed E-state index contributed by atoms with van der Waals surface area (Å²) in [4.78, 5) is 26.5. The lowest BCUT2D eigenvalue weighted by Crippen LogP contribution is -2.28. The van der Waals surface area contributed by atoms with Gasteiger partial charge in [0, 0.05) is 18.7 Å². The molecule has 3 rings (SSSR count). The third-order valence-electron chi connectivity index (χ3n) is 4.23. The maximum absolute atomic E-state index is 12.5. The average Bonchev–Trinajstić information content (AvgIpc) is 3.04. The Kier molecular flexibility index (Phi) is 4.88. The van der Waals surface area contributed by atoms with Crippen molar-refractivity contribution in [2.75, 3.05) is 31.0 Å². The number of benzene rings is 2. The largest absolute Gasteiger partial charge is 0.497 e. The highest BCUT2D eigenvalue weighted by atomic mass is 16.5. The SMILES string of the molecule is COc1ccc(NC(=O)C2CC(=O)N(c3ccccc3OC)C2)cc1. The van der Waals surface area contributed by atoms with Crippen LogP contribution in [0.1, 0.15) is 6.42 Å². The van der Waals surface area contributed by atoms with Gasteiger partial charge in [-0.2, -0.15) is 0 Å².